The van der Waals surface area contributed by atoms with Gasteiger partial charge >= 0.3 is 0 Å². The van der Waals surface area contributed by atoms with E-state index in [0.29, 0.717) is 29.0 Å². The number of hydrogen-bond acceptors (Lipinski definition) is 9. The second-order valence-electron chi connectivity index (χ2n) is 6.31. The molecular weight excluding hydrogens is 455 g/mol. The van der Waals surface area contributed by atoms with Gasteiger partial charge in [-0.2, -0.15) is 0 Å². The molecule has 2 heterocycles. The van der Waals surface area contributed by atoms with E-state index in [1.54, 1.807) is 12.1 Å². The molecule has 2 aromatic heterocycles. The maximum atomic E-state index is 13.0. The van der Waals surface area contributed by atoms with Crippen LogP contribution in [0.25, 0.3) is 0 Å². The van der Waals surface area contributed by atoms with Crippen LogP contribution in [0.1, 0.15) is 25.9 Å². The first-order valence-corrected chi connectivity index (χ1v) is 11.9. The van der Waals surface area contributed by atoms with Crippen molar-refractivity contribution >= 4 is 45.5 Å². The van der Waals surface area contributed by atoms with E-state index in [0.717, 1.165) is 20.5 Å². The van der Waals surface area contributed by atoms with Crippen molar-refractivity contribution in [3.05, 3.63) is 81.6 Å². The summed E-state index contributed by atoms with van der Waals surface area (Å²) in [4.78, 5) is 12.3. The van der Waals surface area contributed by atoms with Gasteiger partial charge in [-0.05, 0) is 23.3 Å². The Hall–Kier alpha value is -2.89. The number of aromatic nitrogens is 4. The average molecular weight is 473 g/mol. The number of thioether (sulfide) groups is 1. The van der Waals surface area contributed by atoms with Gasteiger partial charge in [-0.3, -0.25) is 4.79 Å². The first-order chi connectivity index (χ1) is 15.2. The molecule has 11 heteroatoms. The number of anilines is 1. The molecule has 7 nitrogen and oxygen atoms in total. The average Bonchev–Trinajstić information content (AvgIpc) is 3.46. The number of carbonyl (C=O) groups excluding carboxylic acids is 1. The topological polar surface area (TPSA) is 92.7 Å². The minimum atomic E-state index is -0.258. The van der Waals surface area contributed by atoms with Crippen LogP contribution in [0.2, 0.25) is 0 Å². The summed E-state index contributed by atoms with van der Waals surface area (Å²) in [5.41, 5.74) is 1.98. The Morgan fingerprint density at radius 3 is 2.48 bits per heavy atom. The van der Waals surface area contributed by atoms with Crippen LogP contribution >= 0.6 is 34.4 Å². The van der Waals surface area contributed by atoms with E-state index in [4.69, 9.17) is 0 Å². The van der Waals surface area contributed by atoms with E-state index in [1.807, 2.05) is 30.3 Å². The number of carbonyl (C=O) groups is 1. The Morgan fingerprint density at radius 1 is 0.903 bits per heavy atom. The maximum absolute atomic E-state index is 13.0. The van der Waals surface area contributed by atoms with E-state index >= 15 is 0 Å². The van der Waals surface area contributed by atoms with E-state index < -0.39 is 0 Å². The van der Waals surface area contributed by atoms with Crippen molar-refractivity contribution < 1.29 is 9.18 Å². The molecule has 0 saturated carbocycles. The zero-order valence-electron chi connectivity index (χ0n) is 16.1. The fraction of sp³-hybridized carbons (Fsp3) is 0.150. The smallest absolute Gasteiger partial charge is 0.282 e. The van der Waals surface area contributed by atoms with E-state index in [1.165, 1.54) is 46.6 Å². The molecule has 31 heavy (non-hydrogen) atoms. The standard InChI is InChI=1S/C20H17FN6OS3/c21-15-8-6-14(7-9-15)11-23-19-26-27-20(31-19)29-12-16-24-25-18(30-16)17(28)22-10-13-4-2-1-3-5-13/h1-9H,10-12H2,(H,22,28)(H,23,26). The summed E-state index contributed by atoms with van der Waals surface area (Å²) in [6.45, 7) is 0.985. The molecule has 4 aromatic rings. The lowest BCUT2D eigenvalue weighted by Gasteiger charge is -2.02. The molecular formula is C20H17FN6OS3. The number of nitrogens with one attached hydrogen (secondary N) is 2. The Balaban J connectivity index is 1.24. The lowest BCUT2D eigenvalue weighted by atomic mass is 10.2. The number of hydrogen-bond donors (Lipinski definition) is 2. The quantitative estimate of drug-likeness (QED) is 0.350. The molecule has 0 bridgehead atoms. The Bertz CT molecular complexity index is 1130. The van der Waals surface area contributed by atoms with Gasteiger partial charge in [-0.25, -0.2) is 4.39 Å². The number of amides is 1. The van der Waals surface area contributed by atoms with Crippen LogP contribution in [0.4, 0.5) is 9.52 Å². The highest BCUT2D eigenvalue weighted by Crippen LogP contribution is 2.29. The van der Waals surface area contributed by atoms with Crippen LogP contribution in [-0.4, -0.2) is 26.3 Å². The first kappa shape index (κ1) is 21.3. The van der Waals surface area contributed by atoms with Crippen molar-refractivity contribution in [3.8, 4) is 0 Å². The normalized spacial score (nSPS) is 10.7. The summed E-state index contributed by atoms with van der Waals surface area (Å²) in [7, 11) is 0. The highest BCUT2D eigenvalue weighted by atomic mass is 32.2. The molecule has 0 atom stereocenters. The van der Waals surface area contributed by atoms with Crippen molar-refractivity contribution in [2.24, 2.45) is 0 Å². The lowest BCUT2D eigenvalue weighted by molar-refractivity contribution is 0.0950. The molecule has 0 aliphatic rings. The van der Waals surface area contributed by atoms with Gasteiger partial charge in [-0.1, -0.05) is 76.9 Å². The second kappa shape index (κ2) is 10.4. The molecule has 0 aliphatic heterocycles. The van der Waals surface area contributed by atoms with Gasteiger partial charge in [0.1, 0.15) is 10.8 Å². The van der Waals surface area contributed by atoms with Gasteiger partial charge in [0.15, 0.2) is 4.34 Å². The van der Waals surface area contributed by atoms with Crippen molar-refractivity contribution in [2.45, 2.75) is 23.2 Å². The fourth-order valence-electron chi connectivity index (χ4n) is 2.50. The third-order valence-electron chi connectivity index (χ3n) is 4.04. The Morgan fingerprint density at radius 2 is 1.68 bits per heavy atom. The highest BCUT2D eigenvalue weighted by Gasteiger charge is 2.14. The molecule has 158 valence electrons. The minimum absolute atomic E-state index is 0.235. The van der Waals surface area contributed by atoms with E-state index in [9.17, 15) is 9.18 Å². The highest BCUT2D eigenvalue weighted by molar-refractivity contribution is 8.00. The summed E-state index contributed by atoms with van der Waals surface area (Å²) < 4.78 is 13.7. The van der Waals surface area contributed by atoms with Gasteiger partial charge in [-0.15, -0.1) is 20.4 Å². The van der Waals surface area contributed by atoms with Crippen LogP contribution in [0.15, 0.2) is 58.9 Å². The molecule has 0 saturated heterocycles. The molecule has 2 aromatic carbocycles. The molecule has 1 amide bonds. The Kier molecular flexibility index (Phi) is 7.18. The number of rotatable bonds is 9. The summed E-state index contributed by atoms with van der Waals surface area (Å²) in [5.74, 6) is 0.0589. The summed E-state index contributed by atoms with van der Waals surface area (Å²) in [6.07, 6.45) is 0. The zero-order valence-corrected chi connectivity index (χ0v) is 18.6. The molecule has 0 fully saturated rings. The largest absolute Gasteiger partial charge is 0.356 e. The van der Waals surface area contributed by atoms with Gasteiger partial charge < -0.3 is 10.6 Å². The number of nitrogens with zero attached hydrogens (tertiary/aromatic N) is 4. The van der Waals surface area contributed by atoms with Crippen LogP contribution in [-0.2, 0) is 18.8 Å². The maximum Gasteiger partial charge on any atom is 0.282 e. The summed E-state index contributed by atoms with van der Waals surface area (Å²) in [5, 5.41) is 24.1. The van der Waals surface area contributed by atoms with Gasteiger partial charge in [0.2, 0.25) is 10.1 Å². The Labute approximate surface area is 190 Å². The van der Waals surface area contributed by atoms with Gasteiger partial charge in [0.25, 0.3) is 5.91 Å². The van der Waals surface area contributed by atoms with Crippen molar-refractivity contribution in [3.63, 3.8) is 0 Å². The molecule has 0 radical (unpaired) electrons. The van der Waals surface area contributed by atoms with Crippen LogP contribution in [0.3, 0.4) is 0 Å². The van der Waals surface area contributed by atoms with Crippen LogP contribution < -0.4 is 10.6 Å². The molecule has 0 aliphatic carbocycles. The third kappa shape index (κ3) is 6.29. The molecule has 2 N–H and O–H groups in total. The lowest BCUT2D eigenvalue weighted by Crippen LogP contribution is -2.22. The first-order valence-electron chi connectivity index (χ1n) is 9.25. The second-order valence-corrected chi connectivity index (χ2v) is 9.57. The zero-order chi connectivity index (χ0) is 21.5. The SMILES string of the molecule is O=C(NCc1ccccc1)c1nnc(CSc2nnc(NCc3ccc(F)cc3)s2)s1. The number of benzene rings is 2. The summed E-state index contributed by atoms with van der Waals surface area (Å²) in [6, 6.07) is 16.0. The fourth-order valence-corrected chi connectivity index (χ4v) is 4.99. The van der Waals surface area contributed by atoms with Crippen LogP contribution in [0, 0.1) is 5.82 Å². The van der Waals surface area contributed by atoms with Crippen molar-refractivity contribution in [1.29, 1.82) is 0 Å². The van der Waals surface area contributed by atoms with Crippen molar-refractivity contribution in [1.82, 2.24) is 25.7 Å². The molecule has 0 spiro atoms. The van der Waals surface area contributed by atoms with Gasteiger partial charge in [0.05, 0.1) is 5.75 Å². The minimum Gasteiger partial charge on any atom is -0.356 e. The predicted molar refractivity (Wildman–Crippen MR) is 121 cm³/mol. The van der Waals surface area contributed by atoms with E-state index in [2.05, 4.69) is 31.0 Å². The monoisotopic (exact) mass is 472 g/mol. The summed E-state index contributed by atoms with van der Waals surface area (Å²) >= 11 is 4.18. The predicted octanol–water partition coefficient (Wildman–Crippen LogP) is 4.36. The van der Waals surface area contributed by atoms with Crippen LogP contribution in [0.5, 0.6) is 0 Å². The molecule has 0 unspecified atom stereocenters. The van der Waals surface area contributed by atoms with Crippen molar-refractivity contribution in [2.75, 3.05) is 5.32 Å². The third-order valence-corrected chi connectivity index (χ3v) is 7.17. The van der Waals surface area contributed by atoms with E-state index in [-0.39, 0.29) is 11.7 Å². The van der Waals surface area contributed by atoms with Gasteiger partial charge in [0, 0.05) is 13.1 Å². The number of halogens is 1. The molecule has 4 rings (SSSR count).